The molecule has 3 aliphatic heterocycles. The molecule has 3 aliphatic rings. The highest BCUT2D eigenvalue weighted by Gasteiger charge is 2.40. The fraction of sp³-hybridized carbons (Fsp3) is 0.400. The molecule has 0 aromatic heterocycles. The van der Waals surface area contributed by atoms with Crippen LogP contribution < -0.4 is 0 Å². The van der Waals surface area contributed by atoms with Crippen LogP contribution in [0.25, 0.3) is 0 Å². The predicted octanol–water partition coefficient (Wildman–Crippen LogP) is 3.08. The van der Waals surface area contributed by atoms with Gasteiger partial charge in [-0.05, 0) is 61.6 Å². The summed E-state index contributed by atoms with van der Waals surface area (Å²) in [5.74, 6) is -0.557. The average molecular weight is 435 g/mol. The van der Waals surface area contributed by atoms with Gasteiger partial charge >= 0.3 is 0 Å². The van der Waals surface area contributed by atoms with E-state index in [1.165, 1.54) is 24.3 Å². The molecule has 166 valence electrons. The number of halogens is 1. The molecule has 0 N–H and O–H groups in total. The first kappa shape index (κ1) is 20.7. The molecule has 2 fully saturated rings. The van der Waals surface area contributed by atoms with E-state index in [1.807, 2.05) is 34.1 Å². The second-order valence-corrected chi connectivity index (χ2v) is 8.81. The molecule has 7 heteroatoms. The number of piperidine rings is 1. The quantitative estimate of drug-likeness (QED) is 0.745. The fourth-order valence-corrected chi connectivity index (χ4v) is 5.21. The number of nitrogens with zero attached hydrogens (tertiary/aromatic N) is 3. The zero-order valence-electron chi connectivity index (χ0n) is 17.9. The molecule has 32 heavy (non-hydrogen) atoms. The molecular formula is C25H26FN3O3. The molecule has 3 heterocycles. The number of hydrogen-bond acceptors (Lipinski definition) is 3. The van der Waals surface area contributed by atoms with E-state index in [-0.39, 0.29) is 23.8 Å². The molecule has 0 spiro atoms. The molecule has 2 aromatic rings. The highest BCUT2D eigenvalue weighted by molar-refractivity contribution is 5.99. The van der Waals surface area contributed by atoms with E-state index in [9.17, 15) is 18.8 Å². The SMILES string of the molecule is O=C(C1CCCN1C(=O)c1ccc(F)cc1)N1CCC(N2Cc3ccccc3C2=O)CC1. The van der Waals surface area contributed by atoms with E-state index in [2.05, 4.69) is 0 Å². The Hall–Kier alpha value is -3.22. The van der Waals surface area contributed by atoms with Gasteiger partial charge in [-0.2, -0.15) is 0 Å². The topological polar surface area (TPSA) is 60.9 Å². The standard InChI is InChI=1S/C25H26FN3O3/c26-19-9-7-17(8-10-19)23(30)28-13-3-6-22(28)25(32)27-14-11-20(12-15-27)29-16-18-4-1-2-5-21(18)24(29)31/h1-2,4-5,7-10,20,22H,3,6,11-16H2. The van der Waals surface area contributed by atoms with Crippen molar-refractivity contribution in [3.63, 3.8) is 0 Å². The molecule has 2 saturated heterocycles. The predicted molar refractivity (Wildman–Crippen MR) is 116 cm³/mol. The summed E-state index contributed by atoms with van der Waals surface area (Å²) >= 11 is 0. The largest absolute Gasteiger partial charge is 0.341 e. The maximum absolute atomic E-state index is 13.3. The minimum Gasteiger partial charge on any atom is -0.341 e. The molecule has 0 saturated carbocycles. The maximum atomic E-state index is 13.3. The Kier molecular flexibility index (Phi) is 5.41. The third kappa shape index (κ3) is 3.66. The molecule has 1 unspecified atom stereocenters. The molecular weight excluding hydrogens is 409 g/mol. The number of hydrogen-bond donors (Lipinski definition) is 0. The van der Waals surface area contributed by atoms with Crippen LogP contribution in [0.15, 0.2) is 48.5 Å². The zero-order chi connectivity index (χ0) is 22.2. The van der Waals surface area contributed by atoms with Crippen LogP contribution >= 0.6 is 0 Å². The van der Waals surface area contributed by atoms with E-state index in [1.54, 1.807) is 4.90 Å². The van der Waals surface area contributed by atoms with Gasteiger partial charge in [0, 0.05) is 43.3 Å². The normalized spacial score (nSPS) is 21.2. The number of carbonyl (C=O) groups is 3. The number of likely N-dealkylation sites (tertiary alicyclic amines) is 2. The summed E-state index contributed by atoms with van der Waals surface area (Å²) in [6.07, 6.45) is 2.90. The highest BCUT2D eigenvalue weighted by atomic mass is 19.1. The smallest absolute Gasteiger partial charge is 0.254 e. The summed E-state index contributed by atoms with van der Waals surface area (Å²) in [5, 5.41) is 0. The van der Waals surface area contributed by atoms with Gasteiger partial charge in [-0.1, -0.05) is 18.2 Å². The van der Waals surface area contributed by atoms with E-state index < -0.39 is 11.9 Å². The molecule has 0 aliphatic carbocycles. The first-order valence-electron chi connectivity index (χ1n) is 11.3. The van der Waals surface area contributed by atoms with Gasteiger partial charge in [0.05, 0.1) is 0 Å². The van der Waals surface area contributed by atoms with Crippen LogP contribution in [-0.4, -0.2) is 64.1 Å². The van der Waals surface area contributed by atoms with Crippen molar-refractivity contribution in [1.82, 2.24) is 14.7 Å². The lowest BCUT2D eigenvalue weighted by Gasteiger charge is -2.38. The van der Waals surface area contributed by atoms with Crippen molar-refractivity contribution >= 4 is 17.7 Å². The van der Waals surface area contributed by atoms with Crippen LogP contribution in [0.1, 0.15) is 52.0 Å². The van der Waals surface area contributed by atoms with Crippen LogP contribution in [0.4, 0.5) is 4.39 Å². The first-order chi connectivity index (χ1) is 15.5. The van der Waals surface area contributed by atoms with Gasteiger partial charge in [0.2, 0.25) is 5.91 Å². The van der Waals surface area contributed by atoms with E-state index in [4.69, 9.17) is 0 Å². The van der Waals surface area contributed by atoms with E-state index in [0.29, 0.717) is 38.2 Å². The van der Waals surface area contributed by atoms with Crippen molar-refractivity contribution in [3.8, 4) is 0 Å². The Balaban J connectivity index is 1.21. The van der Waals surface area contributed by atoms with Gasteiger partial charge < -0.3 is 14.7 Å². The van der Waals surface area contributed by atoms with Crippen molar-refractivity contribution in [2.45, 2.75) is 44.3 Å². The van der Waals surface area contributed by atoms with Crippen molar-refractivity contribution in [3.05, 3.63) is 71.0 Å². The maximum Gasteiger partial charge on any atom is 0.254 e. The Morgan fingerprint density at radius 1 is 0.906 bits per heavy atom. The lowest BCUT2D eigenvalue weighted by molar-refractivity contribution is -0.136. The summed E-state index contributed by atoms with van der Waals surface area (Å²) < 4.78 is 13.2. The minimum atomic E-state index is -0.471. The van der Waals surface area contributed by atoms with Crippen LogP contribution in [0, 0.1) is 5.82 Å². The van der Waals surface area contributed by atoms with Crippen molar-refractivity contribution in [1.29, 1.82) is 0 Å². The van der Waals surface area contributed by atoms with Crippen molar-refractivity contribution in [2.75, 3.05) is 19.6 Å². The van der Waals surface area contributed by atoms with Gasteiger partial charge in [0.25, 0.3) is 11.8 Å². The first-order valence-corrected chi connectivity index (χ1v) is 11.3. The molecule has 2 aromatic carbocycles. The van der Waals surface area contributed by atoms with Gasteiger partial charge in [-0.3, -0.25) is 14.4 Å². The van der Waals surface area contributed by atoms with Gasteiger partial charge in [-0.25, -0.2) is 4.39 Å². The number of rotatable bonds is 3. The Labute approximate surface area is 186 Å². The lowest BCUT2D eigenvalue weighted by atomic mass is 10.0. The summed E-state index contributed by atoms with van der Waals surface area (Å²) in [7, 11) is 0. The molecule has 1 atom stereocenters. The summed E-state index contributed by atoms with van der Waals surface area (Å²) in [6.45, 7) is 2.33. The van der Waals surface area contributed by atoms with Gasteiger partial charge in [0.15, 0.2) is 0 Å². The summed E-state index contributed by atoms with van der Waals surface area (Å²) in [5.41, 5.74) is 2.25. The average Bonchev–Trinajstić information content (AvgIpc) is 3.44. The van der Waals surface area contributed by atoms with E-state index >= 15 is 0 Å². The molecule has 6 nitrogen and oxygen atoms in total. The second-order valence-electron chi connectivity index (χ2n) is 8.81. The molecule has 3 amide bonds. The fourth-order valence-electron chi connectivity index (χ4n) is 5.21. The number of fused-ring (bicyclic) bond motifs is 1. The van der Waals surface area contributed by atoms with Crippen LogP contribution in [0.3, 0.4) is 0 Å². The van der Waals surface area contributed by atoms with Gasteiger partial charge in [0.1, 0.15) is 11.9 Å². The molecule has 0 radical (unpaired) electrons. The van der Waals surface area contributed by atoms with Crippen LogP contribution in [0.5, 0.6) is 0 Å². The van der Waals surface area contributed by atoms with Crippen molar-refractivity contribution in [2.24, 2.45) is 0 Å². The lowest BCUT2D eigenvalue weighted by Crippen LogP contribution is -2.52. The Morgan fingerprint density at radius 3 is 2.34 bits per heavy atom. The Morgan fingerprint density at radius 2 is 1.62 bits per heavy atom. The second kappa shape index (κ2) is 8.37. The number of carbonyl (C=O) groups excluding carboxylic acids is 3. The molecule has 5 rings (SSSR count). The highest BCUT2D eigenvalue weighted by Crippen LogP contribution is 2.29. The van der Waals surface area contributed by atoms with Crippen molar-refractivity contribution < 1.29 is 18.8 Å². The third-order valence-electron chi connectivity index (χ3n) is 6.96. The molecule has 0 bridgehead atoms. The monoisotopic (exact) mass is 435 g/mol. The van der Waals surface area contributed by atoms with Crippen LogP contribution in [-0.2, 0) is 11.3 Å². The van der Waals surface area contributed by atoms with Crippen LogP contribution in [0.2, 0.25) is 0 Å². The third-order valence-corrected chi connectivity index (χ3v) is 6.96. The minimum absolute atomic E-state index is 0.0209. The Bertz CT molecular complexity index is 1050. The number of amides is 3. The summed E-state index contributed by atoms with van der Waals surface area (Å²) in [6, 6.07) is 12.8. The number of benzene rings is 2. The summed E-state index contributed by atoms with van der Waals surface area (Å²) in [4.78, 5) is 44.4. The van der Waals surface area contributed by atoms with Gasteiger partial charge in [-0.15, -0.1) is 0 Å². The van der Waals surface area contributed by atoms with E-state index in [0.717, 1.165) is 30.4 Å². The zero-order valence-corrected chi connectivity index (χ0v) is 17.9.